The zero-order valence-electron chi connectivity index (χ0n) is 12.1. The van der Waals surface area contributed by atoms with Gasteiger partial charge in [0.2, 0.25) is 5.95 Å². The molecule has 110 valence electrons. The van der Waals surface area contributed by atoms with Crippen molar-refractivity contribution in [3.05, 3.63) is 6.33 Å². The second kappa shape index (κ2) is 7.94. The van der Waals surface area contributed by atoms with Crippen LogP contribution in [-0.2, 0) is 0 Å². The van der Waals surface area contributed by atoms with Crippen molar-refractivity contribution in [2.45, 2.75) is 25.7 Å². The molecule has 0 saturated carbocycles. The topological polar surface area (TPSA) is 78.5 Å². The van der Waals surface area contributed by atoms with Gasteiger partial charge in [-0.1, -0.05) is 12.8 Å². The Morgan fingerprint density at radius 2 is 2.05 bits per heavy atom. The van der Waals surface area contributed by atoms with Gasteiger partial charge in [0.05, 0.1) is 6.33 Å². The highest BCUT2D eigenvalue weighted by Crippen LogP contribution is 2.18. The number of unbranched alkanes of at least 4 members (excludes halogenated alkanes) is 3. The SMILES string of the molecule is CNc1nc(NCCCCCCSC)c2[nH]cnc2n1. The Hall–Kier alpha value is -1.50. The van der Waals surface area contributed by atoms with Gasteiger partial charge in [0, 0.05) is 13.6 Å². The first-order valence-electron chi connectivity index (χ1n) is 6.97. The molecule has 0 amide bonds. The maximum Gasteiger partial charge on any atom is 0.226 e. The lowest BCUT2D eigenvalue weighted by Crippen LogP contribution is -2.07. The molecule has 0 atom stereocenters. The first kappa shape index (κ1) is 14.9. The molecular weight excluding hydrogens is 272 g/mol. The van der Waals surface area contributed by atoms with Crippen LogP contribution in [0.5, 0.6) is 0 Å². The molecule has 0 saturated heterocycles. The van der Waals surface area contributed by atoms with E-state index in [4.69, 9.17) is 0 Å². The highest BCUT2D eigenvalue weighted by Gasteiger charge is 2.08. The molecule has 0 aliphatic rings. The molecule has 0 spiro atoms. The van der Waals surface area contributed by atoms with Gasteiger partial charge in [0.25, 0.3) is 0 Å². The Labute approximate surface area is 123 Å². The number of fused-ring (bicyclic) bond motifs is 1. The molecule has 20 heavy (non-hydrogen) atoms. The molecule has 0 fully saturated rings. The number of thioether (sulfide) groups is 1. The number of rotatable bonds is 9. The summed E-state index contributed by atoms with van der Waals surface area (Å²) in [5, 5.41) is 6.33. The minimum atomic E-state index is 0.590. The van der Waals surface area contributed by atoms with Crippen molar-refractivity contribution >= 4 is 34.7 Å². The minimum absolute atomic E-state index is 0.590. The van der Waals surface area contributed by atoms with Crippen LogP contribution >= 0.6 is 11.8 Å². The summed E-state index contributed by atoms with van der Waals surface area (Å²) < 4.78 is 0. The third-order valence-electron chi connectivity index (χ3n) is 3.08. The number of anilines is 2. The smallest absolute Gasteiger partial charge is 0.226 e. The summed E-state index contributed by atoms with van der Waals surface area (Å²) in [7, 11) is 1.81. The Balaban J connectivity index is 1.84. The minimum Gasteiger partial charge on any atom is -0.368 e. The summed E-state index contributed by atoms with van der Waals surface area (Å²) in [6.45, 7) is 0.924. The van der Waals surface area contributed by atoms with Gasteiger partial charge in [-0.25, -0.2) is 4.98 Å². The van der Waals surface area contributed by atoms with E-state index in [1.807, 2.05) is 18.8 Å². The summed E-state index contributed by atoms with van der Waals surface area (Å²) in [4.78, 5) is 16.0. The zero-order chi connectivity index (χ0) is 14.2. The van der Waals surface area contributed by atoms with Crippen molar-refractivity contribution in [2.75, 3.05) is 36.2 Å². The highest BCUT2D eigenvalue weighted by atomic mass is 32.2. The van der Waals surface area contributed by atoms with Gasteiger partial charge in [-0.05, 0) is 24.9 Å². The van der Waals surface area contributed by atoms with E-state index in [0.29, 0.717) is 11.6 Å². The molecule has 2 aromatic rings. The van der Waals surface area contributed by atoms with Gasteiger partial charge >= 0.3 is 0 Å². The first-order valence-corrected chi connectivity index (χ1v) is 8.36. The number of nitrogens with one attached hydrogen (secondary N) is 3. The second-order valence-electron chi connectivity index (χ2n) is 4.58. The lowest BCUT2D eigenvalue weighted by Gasteiger charge is -2.08. The van der Waals surface area contributed by atoms with Crippen LogP contribution in [0.3, 0.4) is 0 Å². The highest BCUT2D eigenvalue weighted by molar-refractivity contribution is 7.98. The number of nitrogens with zero attached hydrogens (tertiary/aromatic N) is 3. The Morgan fingerprint density at radius 3 is 2.85 bits per heavy atom. The maximum absolute atomic E-state index is 4.43. The van der Waals surface area contributed by atoms with E-state index >= 15 is 0 Å². The lowest BCUT2D eigenvalue weighted by atomic mass is 10.2. The van der Waals surface area contributed by atoms with Gasteiger partial charge in [-0.15, -0.1) is 0 Å². The number of aromatic amines is 1. The summed E-state index contributed by atoms with van der Waals surface area (Å²) >= 11 is 1.92. The number of hydrogen-bond acceptors (Lipinski definition) is 6. The van der Waals surface area contributed by atoms with Crippen LogP contribution in [-0.4, -0.2) is 45.5 Å². The molecule has 2 rings (SSSR count). The van der Waals surface area contributed by atoms with E-state index in [9.17, 15) is 0 Å². The molecule has 0 bridgehead atoms. The average Bonchev–Trinajstić information content (AvgIpc) is 2.94. The summed E-state index contributed by atoms with van der Waals surface area (Å²) in [5.41, 5.74) is 1.55. The van der Waals surface area contributed by atoms with E-state index in [1.165, 1.54) is 25.0 Å². The normalized spacial score (nSPS) is 10.9. The predicted molar refractivity (Wildman–Crippen MR) is 86.6 cm³/mol. The molecule has 0 aliphatic carbocycles. The third-order valence-corrected chi connectivity index (χ3v) is 3.77. The molecule has 0 radical (unpaired) electrons. The first-order chi connectivity index (χ1) is 9.85. The standard InChI is InChI=1S/C13H22N6S/c1-14-13-18-11(10-12(19-13)17-9-16-10)15-7-5-3-4-6-8-20-2/h9H,3-8H2,1-2H3,(H3,14,15,16,17,18,19). The zero-order valence-corrected chi connectivity index (χ0v) is 12.9. The van der Waals surface area contributed by atoms with Crippen LogP contribution in [0, 0.1) is 0 Å². The van der Waals surface area contributed by atoms with Crippen LogP contribution in [0.4, 0.5) is 11.8 Å². The van der Waals surface area contributed by atoms with Crippen LogP contribution < -0.4 is 10.6 Å². The summed E-state index contributed by atoms with van der Waals surface area (Å²) in [6, 6.07) is 0. The Kier molecular flexibility index (Phi) is 5.91. The van der Waals surface area contributed by atoms with Crippen molar-refractivity contribution in [3.63, 3.8) is 0 Å². The fourth-order valence-electron chi connectivity index (χ4n) is 2.00. The summed E-state index contributed by atoms with van der Waals surface area (Å²) in [6.07, 6.45) is 8.82. The van der Waals surface area contributed by atoms with Gasteiger partial charge in [-0.3, -0.25) is 0 Å². The van der Waals surface area contributed by atoms with Crippen LogP contribution in [0.1, 0.15) is 25.7 Å². The van der Waals surface area contributed by atoms with Crippen molar-refractivity contribution in [1.29, 1.82) is 0 Å². The fourth-order valence-corrected chi connectivity index (χ4v) is 2.50. The Bertz CT molecular complexity index is 527. The fraction of sp³-hybridized carbons (Fsp3) is 0.615. The molecule has 0 aliphatic heterocycles. The molecule has 0 aromatic carbocycles. The molecular formula is C13H22N6S. The van der Waals surface area contributed by atoms with Gasteiger partial charge in [0.1, 0.15) is 5.52 Å². The van der Waals surface area contributed by atoms with Crippen LogP contribution in [0.25, 0.3) is 11.2 Å². The Morgan fingerprint density at radius 1 is 1.20 bits per heavy atom. The molecule has 6 nitrogen and oxygen atoms in total. The molecule has 2 aromatic heterocycles. The lowest BCUT2D eigenvalue weighted by molar-refractivity contribution is 0.688. The van der Waals surface area contributed by atoms with Crippen molar-refractivity contribution < 1.29 is 0 Å². The number of H-pyrrole nitrogens is 1. The predicted octanol–water partition coefficient (Wildman–Crippen LogP) is 2.73. The van der Waals surface area contributed by atoms with Crippen LogP contribution in [0.2, 0.25) is 0 Å². The molecule has 7 heteroatoms. The molecule has 3 N–H and O–H groups in total. The summed E-state index contributed by atoms with van der Waals surface area (Å²) in [5.74, 6) is 2.67. The number of aromatic nitrogens is 4. The van der Waals surface area contributed by atoms with Crippen molar-refractivity contribution in [1.82, 2.24) is 19.9 Å². The maximum atomic E-state index is 4.43. The number of imidazole rings is 1. The van der Waals surface area contributed by atoms with E-state index < -0.39 is 0 Å². The third kappa shape index (κ3) is 4.00. The average molecular weight is 294 g/mol. The largest absolute Gasteiger partial charge is 0.368 e. The van der Waals surface area contributed by atoms with Gasteiger partial charge in [0.15, 0.2) is 11.5 Å². The van der Waals surface area contributed by atoms with Crippen molar-refractivity contribution in [2.24, 2.45) is 0 Å². The van der Waals surface area contributed by atoms with Crippen molar-refractivity contribution in [3.8, 4) is 0 Å². The quantitative estimate of drug-likeness (QED) is 0.617. The van der Waals surface area contributed by atoms with E-state index in [0.717, 1.165) is 24.3 Å². The van der Waals surface area contributed by atoms with Gasteiger partial charge < -0.3 is 15.6 Å². The van der Waals surface area contributed by atoms with E-state index in [-0.39, 0.29) is 0 Å². The van der Waals surface area contributed by atoms with E-state index in [1.54, 1.807) is 6.33 Å². The van der Waals surface area contributed by atoms with Crippen LogP contribution in [0.15, 0.2) is 6.33 Å². The van der Waals surface area contributed by atoms with E-state index in [2.05, 4.69) is 36.8 Å². The molecule has 2 heterocycles. The molecule has 0 unspecified atom stereocenters. The monoisotopic (exact) mass is 294 g/mol. The van der Waals surface area contributed by atoms with Gasteiger partial charge in [-0.2, -0.15) is 21.7 Å². The second-order valence-corrected chi connectivity index (χ2v) is 5.57. The number of hydrogen-bond donors (Lipinski definition) is 3.